The van der Waals surface area contributed by atoms with Crippen molar-refractivity contribution in [3.05, 3.63) is 0 Å². The Morgan fingerprint density at radius 2 is 1.18 bits per heavy atom. The van der Waals surface area contributed by atoms with E-state index in [2.05, 4.69) is 9.98 Å². The predicted molar refractivity (Wildman–Crippen MR) is 105 cm³/mol. The molecule has 156 valence electrons. The maximum atomic E-state index is 11.9. The number of nitrogens with zero attached hydrogens (tertiary/aromatic N) is 2. The number of rotatable bonds is 10. The fraction of sp³-hybridized carbons (Fsp3) is 0.700. The lowest BCUT2D eigenvalue weighted by atomic mass is 9.90. The van der Waals surface area contributed by atoms with E-state index in [-0.39, 0.29) is 36.9 Å². The monoisotopic (exact) mass is 394 g/mol. The van der Waals surface area contributed by atoms with Crippen molar-refractivity contribution in [1.82, 2.24) is 0 Å². The average molecular weight is 394 g/mol. The van der Waals surface area contributed by atoms with E-state index in [0.29, 0.717) is 0 Å². The molecule has 28 heavy (non-hydrogen) atoms. The lowest BCUT2D eigenvalue weighted by Gasteiger charge is -2.26. The van der Waals surface area contributed by atoms with E-state index in [0.717, 1.165) is 25.7 Å². The highest BCUT2D eigenvalue weighted by Gasteiger charge is 2.28. The van der Waals surface area contributed by atoms with Crippen molar-refractivity contribution in [2.45, 2.75) is 65.5 Å². The van der Waals surface area contributed by atoms with E-state index in [1.807, 2.05) is 0 Å². The lowest BCUT2D eigenvalue weighted by Crippen LogP contribution is -2.31. The van der Waals surface area contributed by atoms with Gasteiger partial charge in [0.05, 0.1) is 25.3 Å². The zero-order valence-electron chi connectivity index (χ0n) is 17.1. The summed E-state index contributed by atoms with van der Waals surface area (Å²) in [5, 5.41) is 0. The van der Waals surface area contributed by atoms with Crippen LogP contribution in [0.15, 0.2) is 9.98 Å². The molecule has 0 heterocycles. The number of ketones is 2. The van der Waals surface area contributed by atoms with Crippen molar-refractivity contribution in [2.24, 2.45) is 21.8 Å². The average Bonchev–Trinajstić information content (AvgIpc) is 2.63. The molecule has 0 bridgehead atoms. The summed E-state index contributed by atoms with van der Waals surface area (Å²) in [6, 6.07) is -0.452. The summed E-state index contributed by atoms with van der Waals surface area (Å²) >= 11 is 0. The van der Waals surface area contributed by atoms with E-state index < -0.39 is 23.8 Å². The number of aliphatic imine (C=N–C) groups is 2. The third kappa shape index (κ3) is 7.32. The first-order valence-corrected chi connectivity index (χ1v) is 9.72. The molecule has 4 atom stereocenters. The van der Waals surface area contributed by atoms with Crippen molar-refractivity contribution in [3.63, 3.8) is 0 Å². The first-order valence-electron chi connectivity index (χ1n) is 9.72. The summed E-state index contributed by atoms with van der Waals surface area (Å²) in [6.45, 7) is 6.36. The fourth-order valence-electron chi connectivity index (χ4n) is 2.96. The maximum absolute atomic E-state index is 11.9. The van der Waals surface area contributed by atoms with Crippen molar-refractivity contribution in [2.75, 3.05) is 13.2 Å². The lowest BCUT2D eigenvalue weighted by molar-refractivity contribution is -0.149. The van der Waals surface area contributed by atoms with Crippen LogP contribution in [0.3, 0.4) is 0 Å². The van der Waals surface area contributed by atoms with Gasteiger partial charge in [0.25, 0.3) is 0 Å². The second-order valence-electron chi connectivity index (χ2n) is 6.70. The molecular weight excluding hydrogens is 364 g/mol. The van der Waals surface area contributed by atoms with Crippen molar-refractivity contribution >= 4 is 35.9 Å². The summed E-state index contributed by atoms with van der Waals surface area (Å²) in [5.74, 6) is -3.97. The van der Waals surface area contributed by atoms with Gasteiger partial charge in [-0.3, -0.25) is 29.2 Å². The van der Waals surface area contributed by atoms with E-state index in [9.17, 15) is 19.2 Å². The van der Waals surface area contributed by atoms with Crippen LogP contribution in [0, 0.1) is 11.8 Å². The molecule has 1 aliphatic carbocycles. The maximum Gasteiger partial charge on any atom is 0.321 e. The summed E-state index contributed by atoms with van der Waals surface area (Å²) in [4.78, 5) is 56.2. The number of hydrogen-bond donors (Lipinski definition) is 0. The van der Waals surface area contributed by atoms with Crippen LogP contribution in [-0.2, 0) is 28.7 Å². The van der Waals surface area contributed by atoms with Crippen LogP contribution in [0.25, 0.3) is 0 Å². The van der Waals surface area contributed by atoms with E-state index in [1.54, 1.807) is 13.8 Å². The molecule has 0 radical (unpaired) electrons. The molecular formula is C20H30N2O6. The molecule has 0 spiro atoms. The van der Waals surface area contributed by atoms with Gasteiger partial charge >= 0.3 is 11.9 Å². The third-order valence-electron chi connectivity index (χ3n) is 4.50. The summed E-state index contributed by atoms with van der Waals surface area (Å²) < 4.78 is 9.83. The number of ether oxygens (including phenoxy) is 2. The minimum Gasteiger partial charge on any atom is -0.465 e. The molecule has 8 nitrogen and oxygen atoms in total. The first-order chi connectivity index (χ1) is 13.3. The molecule has 0 aromatic heterocycles. The Bertz CT molecular complexity index is 574. The van der Waals surface area contributed by atoms with Crippen LogP contribution in [0.4, 0.5) is 0 Å². The van der Waals surface area contributed by atoms with Crippen LogP contribution >= 0.6 is 0 Å². The quantitative estimate of drug-likeness (QED) is 0.318. The number of carbonyl (C=O) groups excluding carboxylic acids is 4. The molecule has 0 N–H and O–H groups in total. The van der Waals surface area contributed by atoms with Crippen molar-refractivity contribution in [3.8, 4) is 0 Å². The minimum absolute atomic E-state index is 0.188. The largest absolute Gasteiger partial charge is 0.465 e. The Labute approximate surface area is 165 Å². The standard InChI is InChI=1S/C20H30N2O6/c1-5-27-19(25)15(13(3)23)11-21-17-9-7-8-10-18(17)22-12-16(14(4)24)20(26)28-6-2/h11-12,15-18H,5-10H2,1-4H3. The van der Waals surface area contributed by atoms with Crippen molar-refractivity contribution < 1.29 is 28.7 Å². The molecule has 0 aliphatic heterocycles. The highest BCUT2D eigenvalue weighted by Crippen LogP contribution is 2.24. The summed E-state index contributed by atoms with van der Waals surface area (Å²) in [6.07, 6.45) is 6.07. The highest BCUT2D eigenvalue weighted by molar-refractivity contribution is 6.11. The molecule has 0 aromatic rings. The van der Waals surface area contributed by atoms with Gasteiger partial charge < -0.3 is 9.47 Å². The molecule has 1 saturated carbocycles. The van der Waals surface area contributed by atoms with Gasteiger partial charge in [-0.1, -0.05) is 12.8 Å². The molecule has 4 unspecified atom stereocenters. The zero-order chi connectivity index (χ0) is 21.1. The SMILES string of the molecule is CCOC(=O)C(C=NC1CCCCC1N=CC(C(C)=O)C(=O)OCC)C(C)=O. The van der Waals surface area contributed by atoms with Gasteiger partial charge in [-0.2, -0.15) is 0 Å². The number of hydrogen-bond acceptors (Lipinski definition) is 8. The summed E-state index contributed by atoms with van der Waals surface area (Å²) in [5.41, 5.74) is 0. The van der Waals surface area contributed by atoms with Crippen LogP contribution in [0.5, 0.6) is 0 Å². The Morgan fingerprint density at radius 3 is 1.46 bits per heavy atom. The first kappa shape index (κ1) is 23.7. The van der Waals surface area contributed by atoms with Crippen LogP contribution in [-0.4, -0.2) is 61.2 Å². The van der Waals surface area contributed by atoms with E-state index in [1.165, 1.54) is 26.3 Å². The van der Waals surface area contributed by atoms with E-state index in [4.69, 9.17) is 9.47 Å². The molecule has 8 heteroatoms. The van der Waals surface area contributed by atoms with Crippen LogP contribution in [0.1, 0.15) is 53.4 Å². The van der Waals surface area contributed by atoms with Gasteiger partial charge in [0, 0.05) is 12.4 Å². The van der Waals surface area contributed by atoms with Gasteiger partial charge in [0.15, 0.2) is 0 Å². The fourth-order valence-corrected chi connectivity index (χ4v) is 2.96. The number of esters is 2. The smallest absolute Gasteiger partial charge is 0.321 e. The second kappa shape index (κ2) is 12.2. The zero-order valence-corrected chi connectivity index (χ0v) is 17.1. The number of Topliss-reactive ketones (excluding diaryl/α,β-unsaturated/α-hetero) is 2. The Kier molecular flexibility index (Phi) is 10.3. The normalized spacial score (nSPS) is 22.0. The third-order valence-corrected chi connectivity index (χ3v) is 4.50. The molecule has 0 saturated heterocycles. The van der Waals surface area contributed by atoms with E-state index >= 15 is 0 Å². The minimum atomic E-state index is -1.03. The predicted octanol–water partition coefficient (Wildman–Crippen LogP) is 1.98. The van der Waals surface area contributed by atoms with Gasteiger partial charge in [-0.25, -0.2) is 0 Å². The van der Waals surface area contributed by atoms with Crippen molar-refractivity contribution in [1.29, 1.82) is 0 Å². The van der Waals surface area contributed by atoms with Gasteiger partial charge in [0.1, 0.15) is 23.4 Å². The summed E-state index contributed by atoms with van der Waals surface area (Å²) in [7, 11) is 0. The molecule has 1 aliphatic rings. The van der Waals surface area contributed by atoms with Crippen LogP contribution in [0.2, 0.25) is 0 Å². The Hall–Kier alpha value is -2.38. The highest BCUT2D eigenvalue weighted by atomic mass is 16.5. The number of carbonyl (C=O) groups is 4. The van der Waals surface area contributed by atoms with Crippen LogP contribution < -0.4 is 0 Å². The molecule has 0 amide bonds. The second-order valence-corrected chi connectivity index (χ2v) is 6.70. The molecule has 1 fully saturated rings. The van der Waals surface area contributed by atoms with Gasteiger partial charge in [0.2, 0.25) is 0 Å². The topological polar surface area (TPSA) is 111 Å². The Balaban J connectivity index is 2.92. The van der Waals surface area contributed by atoms with Gasteiger partial charge in [-0.15, -0.1) is 0 Å². The molecule has 0 aromatic carbocycles. The molecule has 1 rings (SSSR count). The Morgan fingerprint density at radius 1 is 0.821 bits per heavy atom. The van der Waals surface area contributed by atoms with Gasteiger partial charge in [-0.05, 0) is 40.5 Å².